The molecule has 0 spiro atoms. The van der Waals surface area contributed by atoms with Crippen molar-refractivity contribution >= 4 is 0 Å². The Balaban J connectivity index is 1.53. The number of ether oxygens (including phenoxy) is 1. The van der Waals surface area contributed by atoms with Crippen LogP contribution >= 0.6 is 0 Å². The van der Waals surface area contributed by atoms with E-state index >= 15 is 0 Å². The number of halogens is 1. The van der Waals surface area contributed by atoms with Crippen molar-refractivity contribution in [1.29, 1.82) is 0 Å². The minimum Gasteiger partial charge on any atom is -0.490 e. The van der Waals surface area contributed by atoms with Gasteiger partial charge in [0.15, 0.2) is 11.6 Å². The van der Waals surface area contributed by atoms with Gasteiger partial charge in [-0.1, -0.05) is 12.1 Å². The Bertz CT molecular complexity index is 762. The van der Waals surface area contributed by atoms with E-state index in [1.54, 1.807) is 42.2 Å². The van der Waals surface area contributed by atoms with E-state index in [4.69, 9.17) is 4.74 Å². The summed E-state index contributed by atoms with van der Waals surface area (Å²) >= 11 is 0. The third-order valence-electron chi connectivity index (χ3n) is 4.71. The molecule has 5 nitrogen and oxygen atoms in total. The normalized spacial score (nSPS) is 18.7. The predicted octanol–water partition coefficient (Wildman–Crippen LogP) is 2.60. The number of para-hydroxylation sites is 1. The first-order valence-corrected chi connectivity index (χ1v) is 8.73. The highest BCUT2D eigenvalue weighted by molar-refractivity contribution is 5.23. The molecule has 0 aliphatic carbocycles. The Hall–Kier alpha value is -2.21. The summed E-state index contributed by atoms with van der Waals surface area (Å²) in [5, 5.41) is 0. The average Bonchev–Trinajstić information content (AvgIpc) is 2.84. The molecule has 0 saturated carbocycles. The Labute approximate surface area is 147 Å². The van der Waals surface area contributed by atoms with Gasteiger partial charge in [0.2, 0.25) is 0 Å². The summed E-state index contributed by atoms with van der Waals surface area (Å²) in [7, 11) is 1.74. The van der Waals surface area contributed by atoms with E-state index in [1.165, 1.54) is 6.07 Å². The van der Waals surface area contributed by atoms with Crippen molar-refractivity contribution in [2.75, 3.05) is 19.7 Å². The molecule has 0 N–H and O–H groups in total. The van der Waals surface area contributed by atoms with Crippen LogP contribution in [-0.4, -0.2) is 34.1 Å². The van der Waals surface area contributed by atoms with Gasteiger partial charge in [0.25, 0.3) is 5.56 Å². The van der Waals surface area contributed by atoms with Crippen LogP contribution in [0, 0.1) is 11.7 Å². The molecule has 6 heteroatoms. The smallest absolute Gasteiger partial charge is 0.273 e. The van der Waals surface area contributed by atoms with E-state index in [-0.39, 0.29) is 11.4 Å². The summed E-state index contributed by atoms with van der Waals surface area (Å²) in [5.74, 6) is 0.403. The Morgan fingerprint density at radius 2 is 2.12 bits per heavy atom. The summed E-state index contributed by atoms with van der Waals surface area (Å²) in [6.07, 6.45) is 6.40. The minimum atomic E-state index is -0.316. The first-order valence-electron chi connectivity index (χ1n) is 8.73. The molecule has 0 radical (unpaired) electrons. The number of rotatable bonds is 5. The van der Waals surface area contributed by atoms with Gasteiger partial charge in [-0.3, -0.25) is 14.7 Å². The topological polar surface area (TPSA) is 47.4 Å². The molecular weight excluding hydrogens is 321 g/mol. The zero-order valence-corrected chi connectivity index (χ0v) is 14.5. The van der Waals surface area contributed by atoms with Gasteiger partial charge in [-0.15, -0.1) is 0 Å². The molecule has 25 heavy (non-hydrogen) atoms. The van der Waals surface area contributed by atoms with Crippen LogP contribution in [0.15, 0.2) is 41.5 Å². The van der Waals surface area contributed by atoms with E-state index in [2.05, 4.69) is 9.88 Å². The van der Waals surface area contributed by atoms with Gasteiger partial charge < -0.3 is 9.30 Å². The van der Waals surface area contributed by atoms with Crippen molar-refractivity contribution in [3.63, 3.8) is 0 Å². The van der Waals surface area contributed by atoms with Crippen molar-refractivity contribution < 1.29 is 9.13 Å². The molecule has 1 atom stereocenters. The van der Waals surface area contributed by atoms with Crippen LogP contribution < -0.4 is 10.3 Å². The molecule has 2 aromatic rings. The van der Waals surface area contributed by atoms with Crippen LogP contribution in [0.5, 0.6) is 5.75 Å². The predicted molar refractivity (Wildman–Crippen MR) is 94.0 cm³/mol. The fraction of sp³-hybridized carbons (Fsp3) is 0.474. The molecule has 0 amide bonds. The van der Waals surface area contributed by atoms with Gasteiger partial charge in [-0.25, -0.2) is 4.39 Å². The molecule has 1 unspecified atom stereocenters. The second kappa shape index (κ2) is 8.25. The third-order valence-corrected chi connectivity index (χ3v) is 4.71. The van der Waals surface area contributed by atoms with Crippen LogP contribution in [-0.2, 0) is 13.6 Å². The van der Waals surface area contributed by atoms with E-state index in [9.17, 15) is 9.18 Å². The Morgan fingerprint density at radius 1 is 1.28 bits per heavy atom. The lowest BCUT2D eigenvalue weighted by Gasteiger charge is -2.19. The summed E-state index contributed by atoms with van der Waals surface area (Å²) in [6.45, 7) is 2.94. The molecule has 1 aromatic heterocycles. The van der Waals surface area contributed by atoms with Crippen LogP contribution in [0.1, 0.15) is 25.0 Å². The van der Waals surface area contributed by atoms with Gasteiger partial charge in [0.1, 0.15) is 5.69 Å². The Kier molecular flexibility index (Phi) is 5.81. The second-order valence-electron chi connectivity index (χ2n) is 6.60. The average molecular weight is 345 g/mol. The maximum atomic E-state index is 13.6. The first kappa shape index (κ1) is 17.6. The largest absolute Gasteiger partial charge is 0.490 e. The highest BCUT2D eigenvalue weighted by Crippen LogP contribution is 2.21. The lowest BCUT2D eigenvalue weighted by atomic mass is 10.0. The maximum absolute atomic E-state index is 13.6. The van der Waals surface area contributed by atoms with Gasteiger partial charge in [0, 0.05) is 26.0 Å². The fourth-order valence-corrected chi connectivity index (χ4v) is 3.19. The monoisotopic (exact) mass is 345 g/mol. The number of benzene rings is 1. The van der Waals surface area contributed by atoms with Gasteiger partial charge in [-0.05, 0) is 50.4 Å². The fourth-order valence-electron chi connectivity index (χ4n) is 3.19. The van der Waals surface area contributed by atoms with E-state index < -0.39 is 0 Å². The van der Waals surface area contributed by atoms with Crippen LogP contribution in [0.4, 0.5) is 4.39 Å². The summed E-state index contributed by atoms with van der Waals surface area (Å²) in [6, 6.07) is 6.51. The number of aromatic nitrogens is 2. The molecule has 0 bridgehead atoms. The van der Waals surface area contributed by atoms with Gasteiger partial charge >= 0.3 is 0 Å². The van der Waals surface area contributed by atoms with Crippen molar-refractivity contribution in [3.05, 3.63) is 58.5 Å². The van der Waals surface area contributed by atoms with Crippen LogP contribution in [0.3, 0.4) is 0 Å². The quantitative estimate of drug-likeness (QED) is 0.836. The maximum Gasteiger partial charge on any atom is 0.273 e. The molecule has 2 heterocycles. The Morgan fingerprint density at radius 3 is 2.96 bits per heavy atom. The second-order valence-corrected chi connectivity index (χ2v) is 6.60. The standard InChI is InChI=1S/C19H24FN3O2/c1-22-12-9-21-17(19(22)24)13-23-10-4-5-15(8-11-23)14-25-18-7-3-2-6-16(18)20/h2-3,6-7,9,12,15H,4-5,8,10-11,13-14H2,1H3. The number of aryl methyl sites for hydroxylation is 1. The third kappa shape index (κ3) is 4.66. The summed E-state index contributed by atoms with van der Waals surface area (Å²) in [4.78, 5) is 18.6. The van der Waals surface area contributed by atoms with Crippen LogP contribution in [0.25, 0.3) is 0 Å². The lowest BCUT2D eigenvalue weighted by Crippen LogP contribution is -2.31. The minimum absolute atomic E-state index is 0.0359. The van der Waals surface area contributed by atoms with Crippen molar-refractivity contribution in [1.82, 2.24) is 14.5 Å². The molecule has 1 aromatic carbocycles. The first-order chi connectivity index (χ1) is 12.1. The molecule has 1 aliphatic rings. The lowest BCUT2D eigenvalue weighted by molar-refractivity contribution is 0.218. The molecule has 1 saturated heterocycles. The molecule has 1 fully saturated rings. The van der Waals surface area contributed by atoms with Crippen molar-refractivity contribution in [3.8, 4) is 5.75 Å². The van der Waals surface area contributed by atoms with Crippen molar-refractivity contribution in [2.24, 2.45) is 13.0 Å². The molecule has 1 aliphatic heterocycles. The summed E-state index contributed by atoms with van der Waals surface area (Å²) in [5.41, 5.74) is 0.553. The highest BCUT2D eigenvalue weighted by atomic mass is 19.1. The zero-order valence-electron chi connectivity index (χ0n) is 14.5. The van der Waals surface area contributed by atoms with Gasteiger partial charge in [0.05, 0.1) is 6.61 Å². The molecular formula is C19H24FN3O2. The number of hydrogen-bond donors (Lipinski definition) is 0. The molecule has 3 rings (SSSR count). The number of nitrogens with zero attached hydrogens (tertiary/aromatic N) is 3. The van der Waals surface area contributed by atoms with E-state index in [0.29, 0.717) is 30.5 Å². The molecule has 134 valence electrons. The number of hydrogen-bond acceptors (Lipinski definition) is 4. The van der Waals surface area contributed by atoms with Gasteiger partial charge in [-0.2, -0.15) is 0 Å². The van der Waals surface area contributed by atoms with E-state index in [1.807, 2.05) is 0 Å². The number of likely N-dealkylation sites (tertiary alicyclic amines) is 1. The summed E-state index contributed by atoms with van der Waals surface area (Å²) < 4.78 is 20.8. The highest BCUT2D eigenvalue weighted by Gasteiger charge is 2.19. The van der Waals surface area contributed by atoms with Crippen LogP contribution in [0.2, 0.25) is 0 Å². The zero-order chi connectivity index (χ0) is 17.6. The van der Waals surface area contributed by atoms with E-state index in [0.717, 1.165) is 32.4 Å². The van der Waals surface area contributed by atoms with Crippen molar-refractivity contribution in [2.45, 2.75) is 25.8 Å². The SMILES string of the molecule is Cn1ccnc(CN2CCCC(COc3ccccc3F)CC2)c1=O.